The van der Waals surface area contributed by atoms with Gasteiger partial charge in [-0.25, -0.2) is 0 Å². The average molecular weight is 199 g/mol. The summed E-state index contributed by atoms with van der Waals surface area (Å²) in [5.74, 6) is 0.459. The second kappa shape index (κ2) is 4.30. The van der Waals surface area contributed by atoms with E-state index >= 15 is 0 Å². The van der Waals surface area contributed by atoms with E-state index in [2.05, 4.69) is 0 Å². The van der Waals surface area contributed by atoms with Crippen molar-refractivity contribution < 1.29 is 13.0 Å². The van der Waals surface area contributed by atoms with Gasteiger partial charge in [0.15, 0.2) is 0 Å². The summed E-state index contributed by atoms with van der Waals surface area (Å²) >= 11 is 0. The SMILES string of the molecule is CC(C)[C@@H](N)CSS(=O)(=O)O. The first-order chi connectivity index (χ1) is 4.83. The molecular weight excluding hydrogens is 186 g/mol. The molecule has 0 amide bonds. The quantitative estimate of drug-likeness (QED) is 0.509. The van der Waals surface area contributed by atoms with E-state index < -0.39 is 9.15 Å². The van der Waals surface area contributed by atoms with Crippen LogP contribution in [0.25, 0.3) is 0 Å². The molecule has 0 aliphatic heterocycles. The van der Waals surface area contributed by atoms with E-state index in [0.717, 1.165) is 0 Å². The van der Waals surface area contributed by atoms with Crippen LogP contribution >= 0.6 is 10.8 Å². The van der Waals surface area contributed by atoms with E-state index in [1.807, 2.05) is 13.8 Å². The minimum Gasteiger partial charge on any atom is -0.327 e. The topological polar surface area (TPSA) is 80.4 Å². The molecular formula is C5H13NO3S2. The summed E-state index contributed by atoms with van der Waals surface area (Å²) < 4.78 is 28.8. The van der Waals surface area contributed by atoms with Gasteiger partial charge in [-0.3, -0.25) is 4.55 Å². The fourth-order valence-electron chi connectivity index (χ4n) is 0.357. The summed E-state index contributed by atoms with van der Waals surface area (Å²) in [7, 11) is -3.44. The fourth-order valence-corrected chi connectivity index (χ4v) is 2.06. The molecule has 0 aliphatic carbocycles. The van der Waals surface area contributed by atoms with Crippen molar-refractivity contribution in [2.24, 2.45) is 11.7 Å². The third-order valence-electron chi connectivity index (χ3n) is 1.27. The lowest BCUT2D eigenvalue weighted by molar-refractivity contribution is 0.501. The lowest BCUT2D eigenvalue weighted by Crippen LogP contribution is -2.29. The zero-order valence-corrected chi connectivity index (χ0v) is 8.15. The van der Waals surface area contributed by atoms with E-state index in [9.17, 15) is 8.42 Å². The Kier molecular flexibility index (Phi) is 4.38. The molecule has 0 unspecified atom stereocenters. The van der Waals surface area contributed by atoms with Gasteiger partial charge in [-0.05, 0) is 16.7 Å². The van der Waals surface area contributed by atoms with Crippen molar-refractivity contribution >= 4 is 19.9 Å². The fraction of sp³-hybridized carbons (Fsp3) is 1.00. The van der Waals surface area contributed by atoms with E-state index in [-0.39, 0.29) is 17.7 Å². The van der Waals surface area contributed by atoms with Crippen LogP contribution in [0.3, 0.4) is 0 Å². The second-order valence-electron chi connectivity index (χ2n) is 2.62. The highest BCUT2D eigenvalue weighted by Crippen LogP contribution is 2.13. The summed E-state index contributed by atoms with van der Waals surface area (Å²) in [5.41, 5.74) is 5.53. The summed E-state index contributed by atoms with van der Waals surface area (Å²) in [4.78, 5) is 0. The summed E-state index contributed by atoms with van der Waals surface area (Å²) in [5, 5.41) is 0. The molecule has 0 saturated carbocycles. The molecule has 0 bridgehead atoms. The molecule has 0 aromatic carbocycles. The van der Waals surface area contributed by atoms with Crippen LogP contribution in [0.5, 0.6) is 0 Å². The Morgan fingerprint density at radius 1 is 1.55 bits per heavy atom. The molecule has 1 atom stereocenters. The van der Waals surface area contributed by atoms with Crippen LogP contribution in [-0.4, -0.2) is 24.8 Å². The molecule has 3 N–H and O–H groups in total. The number of nitrogens with two attached hydrogens (primary N) is 1. The van der Waals surface area contributed by atoms with Crippen LogP contribution in [0.2, 0.25) is 0 Å². The molecule has 4 nitrogen and oxygen atoms in total. The van der Waals surface area contributed by atoms with Gasteiger partial charge in [0.1, 0.15) is 0 Å². The first-order valence-electron chi connectivity index (χ1n) is 3.20. The zero-order valence-electron chi connectivity index (χ0n) is 6.52. The molecule has 0 spiro atoms. The second-order valence-corrected chi connectivity index (χ2v) is 6.02. The maximum absolute atomic E-state index is 10.2. The van der Waals surface area contributed by atoms with Gasteiger partial charge in [-0.15, -0.1) is 0 Å². The van der Waals surface area contributed by atoms with Crippen LogP contribution in [0, 0.1) is 5.92 Å². The Morgan fingerprint density at radius 3 is 2.27 bits per heavy atom. The van der Waals surface area contributed by atoms with E-state index in [1.54, 1.807) is 0 Å². The minimum absolute atomic E-state index is 0.193. The highest BCUT2D eigenvalue weighted by atomic mass is 33.1. The van der Waals surface area contributed by atoms with Crippen LogP contribution in [0.1, 0.15) is 13.8 Å². The Morgan fingerprint density at radius 2 is 2.00 bits per heavy atom. The standard InChI is InChI=1S/C5H13NO3S2/c1-4(2)5(6)3-10-11(7,8)9/h4-5H,3,6H2,1-2H3,(H,7,8,9)/t5-/m0/s1. The highest BCUT2D eigenvalue weighted by molar-refractivity contribution is 8.69. The highest BCUT2D eigenvalue weighted by Gasteiger charge is 2.12. The largest absolute Gasteiger partial charge is 0.327 e. The van der Waals surface area contributed by atoms with E-state index in [1.165, 1.54) is 0 Å². The Balaban J connectivity index is 3.72. The Bertz CT molecular complexity index is 200. The predicted octanol–water partition coefficient (Wildman–Crippen LogP) is 0.506. The van der Waals surface area contributed by atoms with Gasteiger partial charge >= 0.3 is 9.15 Å². The van der Waals surface area contributed by atoms with Crippen molar-refractivity contribution in [1.82, 2.24) is 0 Å². The zero-order chi connectivity index (χ0) is 9.07. The van der Waals surface area contributed by atoms with Crippen molar-refractivity contribution in [1.29, 1.82) is 0 Å². The van der Waals surface area contributed by atoms with Gasteiger partial charge in [0, 0.05) is 11.8 Å². The third-order valence-corrected chi connectivity index (χ3v) is 3.39. The number of hydrogen-bond donors (Lipinski definition) is 2. The van der Waals surface area contributed by atoms with Crippen LogP contribution < -0.4 is 5.73 Å². The summed E-state index contributed by atoms with van der Waals surface area (Å²) in [6.07, 6.45) is 0. The van der Waals surface area contributed by atoms with Gasteiger partial charge in [-0.1, -0.05) is 13.8 Å². The third kappa shape index (κ3) is 6.61. The molecule has 0 aromatic rings. The molecule has 0 rings (SSSR count). The maximum Gasteiger partial charge on any atom is 0.319 e. The van der Waals surface area contributed by atoms with E-state index in [4.69, 9.17) is 10.3 Å². The summed E-state index contributed by atoms with van der Waals surface area (Å²) in [6, 6.07) is -0.193. The summed E-state index contributed by atoms with van der Waals surface area (Å²) in [6.45, 7) is 3.80. The lowest BCUT2D eigenvalue weighted by atomic mass is 10.1. The number of hydrogen-bond acceptors (Lipinski definition) is 4. The molecule has 0 fully saturated rings. The van der Waals surface area contributed by atoms with Crippen molar-refractivity contribution in [2.75, 3.05) is 5.75 Å². The van der Waals surface area contributed by atoms with Crippen LogP contribution in [-0.2, 0) is 9.15 Å². The van der Waals surface area contributed by atoms with Crippen molar-refractivity contribution in [3.63, 3.8) is 0 Å². The lowest BCUT2D eigenvalue weighted by Gasteiger charge is -2.12. The first kappa shape index (κ1) is 11.2. The van der Waals surface area contributed by atoms with E-state index in [0.29, 0.717) is 10.8 Å². The number of rotatable bonds is 4. The smallest absolute Gasteiger partial charge is 0.319 e. The van der Waals surface area contributed by atoms with Gasteiger partial charge in [-0.2, -0.15) is 8.42 Å². The molecule has 0 aromatic heterocycles. The first-order valence-corrected chi connectivity index (χ1v) is 6.14. The van der Waals surface area contributed by atoms with Crippen LogP contribution in [0.4, 0.5) is 0 Å². The maximum atomic E-state index is 10.2. The monoisotopic (exact) mass is 199 g/mol. The molecule has 11 heavy (non-hydrogen) atoms. The van der Waals surface area contributed by atoms with Crippen molar-refractivity contribution in [3.05, 3.63) is 0 Å². The van der Waals surface area contributed by atoms with Gasteiger partial charge in [0.25, 0.3) is 0 Å². The average Bonchev–Trinajstić information content (AvgIpc) is 1.80. The van der Waals surface area contributed by atoms with Gasteiger partial charge in [0.05, 0.1) is 0 Å². The van der Waals surface area contributed by atoms with Gasteiger partial charge in [0.2, 0.25) is 0 Å². The molecule has 6 heteroatoms. The molecule has 0 aliphatic rings. The molecule has 0 heterocycles. The Hall–Kier alpha value is 0.220. The van der Waals surface area contributed by atoms with Crippen molar-refractivity contribution in [3.8, 4) is 0 Å². The van der Waals surface area contributed by atoms with Crippen LogP contribution in [0.15, 0.2) is 0 Å². The van der Waals surface area contributed by atoms with Gasteiger partial charge < -0.3 is 5.73 Å². The van der Waals surface area contributed by atoms with Crippen molar-refractivity contribution in [2.45, 2.75) is 19.9 Å². The molecule has 0 saturated heterocycles. The Labute approximate surface area is 70.7 Å². The molecule has 68 valence electrons. The normalized spacial score (nSPS) is 15.4. The molecule has 0 radical (unpaired) electrons. The minimum atomic E-state index is -3.92. The predicted molar refractivity (Wildman–Crippen MR) is 46.8 cm³/mol.